The minimum atomic E-state index is -0.716. The van der Waals surface area contributed by atoms with Crippen LogP contribution in [-0.4, -0.2) is 39.9 Å². The van der Waals surface area contributed by atoms with Gasteiger partial charge < -0.3 is 15.4 Å². The van der Waals surface area contributed by atoms with E-state index in [-0.39, 0.29) is 29.6 Å². The number of rotatable bonds is 6. The van der Waals surface area contributed by atoms with Crippen molar-refractivity contribution in [1.82, 2.24) is 10.6 Å². The molecular formula is C22H38IN3O2S. The first kappa shape index (κ1) is 26.2. The largest absolute Gasteiger partial charge is 0.488 e. The quantitative estimate of drug-likeness (QED) is 0.319. The highest BCUT2D eigenvalue weighted by Gasteiger charge is 2.26. The lowest BCUT2D eigenvalue weighted by Crippen LogP contribution is -2.46. The average molecular weight is 536 g/mol. The molecule has 1 fully saturated rings. The summed E-state index contributed by atoms with van der Waals surface area (Å²) in [6.45, 7) is 10.9. The number of ether oxygens (including phenoxy) is 1. The van der Waals surface area contributed by atoms with Gasteiger partial charge in [0.25, 0.3) is 0 Å². The number of benzene rings is 1. The predicted molar refractivity (Wildman–Crippen MR) is 135 cm³/mol. The summed E-state index contributed by atoms with van der Waals surface area (Å²) in [4.78, 5) is 4.39. The maximum atomic E-state index is 12.2. The third-order valence-electron chi connectivity index (χ3n) is 4.93. The lowest BCUT2D eigenvalue weighted by molar-refractivity contribution is 0.129. The summed E-state index contributed by atoms with van der Waals surface area (Å²) in [6, 6.07) is 6.63. The summed E-state index contributed by atoms with van der Waals surface area (Å²) in [5.41, 5.74) is 2.05. The van der Waals surface area contributed by atoms with E-state index in [1.807, 2.05) is 6.92 Å². The van der Waals surface area contributed by atoms with Gasteiger partial charge in [-0.15, -0.1) is 24.0 Å². The number of aryl methyl sites for hydroxylation is 1. The van der Waals surface area contributed by atoms with Gasteiger partial charge in [-0.2, -0.15) is 0 Å². The van der Waals surface area contributed by atoms with Crippen LogP contribution in [0, 0.1) is 6.92 Å². The van der Waals surface area contributed by atoms with Crippen molar-refractivity contribution < 1.29 is 8.95 Å². The van der Waals surface area contributed by atoms with Gasteiger partial charge in [-0.25, -0.2) is 0 Å². The highest BCUT2D eigenvalue weighted by Crippen LogP contribution is 2.25. The molecule has 3 atom stereocenters. The molecule has 0 saturated heterocycles. The Morgan fingerprint density at radius 1 is 1.31 bits per heavy atom. The first-order chi connectivity index (χ1) is 13.2. The molecule has 1 aromatic carbocycles. The standard InChI is InChI=1S/C22H37N3O2S.HI/c1-7-28(26)19-10-8-9-18(14-19)25-21(23-6)24-15-17-12-11-16(2)13-20(17)27-22(3,4)5;/h11-13,18-19H,7-10,14-15H2,1-6H3,(H2,23,24,25);1H. The number of hydrogen-bond acceptors (Lipinski definition) is 3. The van der Waals surface area contributed by atoms with E-state index in [9.17, 15) is 4.21 Å². The fourth-order valence-electron chi connectivity index (χ4n) is 3.55. The number of nitrogens with zero attached hydrogens (tertiary/aromatic N) is 1. The van der Waals surface area contributed by atoms with Crippen LogP contribution in [0.4, 0.5) is 0 Å². The second kappa shape index (κ2) is 12.1. The van der Waals surface area contributed by atoms with Crippen LogP contribution >= 0.6 is 24.0 Å². The van der Waals surface area contributed by atoms with E-state index in [1.165, 1.54) is 5.56 Å². The van der Waals surface area contributed by atoms with E-state index < -0.39 is 10.8 Å². The van der Waals surface area contributed by atoms with Gasteiger partial charge in [0.2, 0.25) is 0 Å². The summed E-state index contributed by atoms with van der Waals surface area (Å²) in [5.74, 6) is 2.44. The zero-order valence-corrected chi connectivity index (χ0v) is 21.9. The molecule has 0 aliphatic heterocycles. The minimum absolute atomic E-state index is 0. The number of aliphatic imine (C=N–C) groups is 1. The van der Waals surface area contributed by atoms with Crippen LogP contribution in [0.2, 0.25) is 0 Å². The Bertz CT molecular complexity index is 704. The number of hydrogen-bond donors (Lipinski definition) is 2. The normalized spacial score (nSPS) is 21.1. The molecule has 5 nitrogen and oxygen atoms in total. The second-order valence-electron chi connectivity index (χ2n) is 8.55. The van der Waals surface area contributed by atoms with Crippen LogP contribution in [-0.2, 0) is 17.3 Å². The van der Waals surface area contributed by atoms with Crippen molar-refractivity contribution in [2.45, 2.75) is 83.7 Å². The molecule has 1 saturated carbocycles. The van der Waals surface area contributed by atoms with Gasteiger partial charge in [-0.3, -0.25) is 9.20 Å². The maximum absolute atomic E-state index is 12.2. The van der Waals surface area contributed by atoms with Crippen molar-refractivity contribution in [2.75, 3.05) is 12.8 Å². The summed E-state index contributed by atoms with van der Waals surface area (Å²) in [6.07, 6.45) is 4.24. The molecule has 0 radical (unpaired) electrons. The number of nitrogens with one attached hydrogen (secondary N) is 2. The lowest BCUT2D eigenvalue weighted by Gasteiger charge is -2.30. The van der Waals surface area contributed by atoms with Crippen molar-refractivity contribution in [1.29, 1.82) is 0 Å². The van der Waals surface area contributed by atoms with Crippen LogP contribution in [0.25, 0.3) is 0 Å². The van der Waals surface area contributed by atoms with Crippen molar-refractivity contribution in [3.8, 4) is 5.75 Å². The van der Waals surface area contributed by atoms with E-state index in [4.69, 9.17) is 4.74 Å². The highest BCUT2D eigenvalue weighted by molar-refractivity contribution is 14.0. The molecule has 1 aliphatic carbocycles. The molecule has 29 heavy (non-hydrogen) atoms. The number of halogens is 1. The van der Waals surface area contributed by atoms with Crippen LogP contribution in [0.1, 0.15) is 64.5 Å². The molecule has 0 heterocycles. The number of guanidine groups is 1. The van der Waals surface area contributed by atoms with Gasteiger partial charge in [-0.1, -0.05) is 25.5 Å². The lowest BCUT2D eigenvalue weighted by atomic mass is 9.95. The van der Waals surface area contributed by atoms with E-state index in [2.05, 4.69) is 61.5 Å². The maximum Gasteiger partial charge on any atom is 0.191 e. The second-order valence-corrected chi connectivity index (χ2v) is 10.6. The third-order valence-corrected chi connectivity index (χ3v) is 6.67. The van der Waals surface area contributed by atoms with E-state index in [0.717, 1.165) is 48.7 Å². The van der Waals surface area contributed by atoms with Gasteiger partial charge in [0.15, 0.2) is 5.96 Å². The fraction of sp³-hybridized carbons (Fsp3) is 0.682. The predicted octanol–water partition coefficient (Wildman–Crippen LogP) is 4.54. The van der Waals surface area contributed by atoms with Crippen molar-refractivity contribution in [3.63, 3.8) is 0 Å². The fourth-order valence-corrected chi connectivity index (χ4v) is 4.90. The van der Waals surface area contributed by atoms with Crippen LogP contribution in [0.5, 0.6) is 5.75 Å². The minimum Gasteiger partial charge on any atom is -0.488 e. The molecule has 2 N–H and O–H groups in total. The monoisotopic (exact) mass is 535 g/mol. The van der Waals surface area contributed by atoms with E-state index in [0.29, 0.717) is 17.8 Å². The molecule has 166 valence electrons. The summed E-state index contributed by atoms with van der Waals surface area (Å²) in [7, 11) is 1.08. The Labute approximate surface area is 196 Å². The molecule has 1 aromatic rings. The van der Waals surface area contributed by atoms with E-state index in [1.54, 1.807) is 7.05 Å². The van der Waals surface area contributed by atoms with Crippen molar-refractivity contribution in [3.05, 3.63) is 29.3 Å². The van der Waals surface area contributed by atoms with Gasteiger partial charge >= 0.3 is 0 Å². The summed E-state index contributed by atoms with van der Waals surface area (Å²) >= 11 is 0. The van der Waals surface area contributed by atoms with Gasteiger partial charge in [0.05, 0.1) is 0 Å². The molecule has 1 aliphatic rings. The van der Waals surface area contributed by atoms with Gasteiger partial charge in [0.1, 0.15) is 11.4 Å². The first-order valence-corrected chi connectivity index (χ1v) is 11.7. The molecular weight excluding hydrogens is 497 g/mol. The Morgan fingerprint density at radius 2 is 2.03 bits per heavy atom. The first-order valence-electron chi connectivity index (χ1n) is 10.3. The summed E-state index contributed by atoms with van der Waals surface area (Å²) in [5, 5.41) is 7.25. The van der Waals surface area contributed by atoms with Crippen molar-refractivity contribution in [2.24, 2.45) is 4.99 Å². The summed E-state index contributed by atoms with van der Waals surface area (Å²) < 4.78 is 18.3. The Kier molecular flexibility index (Phi) is 11.0. The third kappa shape index (κ3) is 8.82. The SMILES string of the molecule is CCS(=O)C1CCCC(NC(=NC)NCc2ccc(C)cc2OC(C)(C)C)C1.I. The topological polar surface area (TPSA) is 62.7 Å². The smallest absolute Gasteiger partial charge is 0.191 e. The van der Waals surface area contributed by atoms with Gasteiger partial charge in [-0.05, 0) is 58.6 Å². The van der Waals surface area contributed by atoms with Gasteiger partial charge in [0, 0.05) is 47.0 Å². The zero-order valence-electron chi connectivity index (χ0n) is 18.7. The molecule has 7 heteroatoms. The molecule has 0 spiro atoms. The van der Waals surface area contributed by atoms with Crippen LogP contribution in [0.3, 0.4) is 0 Å². The van der Waals surface area contributed by atoms with Crippen LogP contribution < -0.4 is 15.4 Å². The Balaban J connectivity index is 0.00000420. The zero-order chi connectivity index (χ0) is 20.7. The van der Waals surface area contributed by atoms with Crippen molar-refractivity contribution >= 4 is 40.7 Å². The Hall–Kier alpha value is -0.830. The molecule has 0 aromatic heterocycles. The Morgan fingerprint density at radius 3 is 2.66 bits per heavy atom. The van der Waals surface area contributed by atoms with E-state index >= 15 is 0 Å². The molecule has 0 amide bonds. The highest BCUT2D eigenvalue weighted by atomic mass is 127. The average Bonchev–Trinajstić information content (AvgIpc) is 2.64. The van der Waals surface area contributed by atoms with Crippen LogP contribution in [0.15, 0.2) is 23.2 Å². The molecule has 2 rings (SSSR count). The molecule has 0 bridgehead atoms. The molecule has 3 unspecified atom stereocenters.